The topological polar surface area (TPSA) is 71.0 Å². The van der Waals surface area contributed by atoms with Gasteiger partial charge in [-0.15, -0.1) is 0 Å². The van der Waals surface area contributed by atoms with Gasteiger partial charge in [0.2, 0.25) is 0 Å². The molecule has 0 saturated heterocycles. The van der Waals surface area contributed by atoms with Gasteiger partial charge in [0.25, 0.3) is 0 Å². The van der Waals surface area contributed by atoms with Crippen molar-refractivity contribution in [3.8, 4) is 11.5 Å². The van der Waals surface area contributed by atoms with Crippen molar-refractivity contribution in [3.63, 3.8) is 0 Å². The molecule has 0 aromatic heterocycles. The summed E-state index contributed by atoms with van der Waals surface area (Å²) in [5, 5.41) is 12.3. The number of allylic oxidation sites excluding steroid dienone is 1. The molecule has 0 bridgehead atoms. The predicted molar refractivity (Wildman–Crippen MR) is 76.1 cm³/mol. The molecular formula is C13H14N2O4S. The Labute approximate surface area is 120 Å². The van der Waals surface area contributed by atoms with Crippen LogP contribution in [0.5, 0.6) is 11.5 Å². The molecule has 2 N–H and O–H groups in total. The lowest BCUT2D eigenvalue weighted by atomic mass is 10.2. The summed E-state index contributed by atoms with van der Waals surface area (Å²) in [7, 11) is 0. The Balaban J connectivity index is 1.76. The first-order chi connectivity index (χ1) is 9.63. The molecule has 1 amide bonds. The molecule has 0 saturated carbocycles. The first kappa shape index (κ1) is 13.0. The average molecular weight is 294 g/mol. The van der Waals surface area contributed by atoms with Gasteiger partial charge in [-0.1, -0.05) is 11.8 Å². The molecule has 6 nitrogen and oxygen atoms in total. The van der Waals surface area contributed by atoms with Gasteiger partial charge in [0.05, 0.1) is 0 Å². The number of ether oxygens (including phenoxy) is 2. The highest BCUT2D eigenvalue weighted by Crippen LogP contribution is 2.36. The fourth-order valence-electron chi connectivity index (χ4n) is 2.06. The molecule has 3 rings (SSSR count). The Hall–Kier alpha value is -2.02. The van der Waals surface area contributed by atoms with Crippen molar-refractivity contribution >= 4 is 23.5 Å². The minimum absolute atomic E-state index is 0.366. The normalized spacial score (nSPS) is 20.6. The maximum Gasteiger partial charge on any atom is 0.413 e. The zero-order valence-electron chi connectivity index (χ0n) is 10.8. The number of anilines is 1. The number of rotatable bonds is 2. The highest BCUT2D eigenvalue weighted by atomic mass is 32.2. The van der Waals surface area contributed by atoms with Gasteiger partial charge < -0.3 is 19.9 Å². The van der Waals surface area contributed by atoms with E-state index < -0.39 is 6.09 Å². The van der Waals surface area contributed by atoms with Crippen molar-refractivity contribution in [2.45, 2.75) is 12.4 Å². The lowest BCUT2D eigenvalue weighted by Gasteiger charge is -2.23. The Morgan fingerprint density at radius 2 is 2.15 bits per heavy atom. The van der Waals surface area contributed by atoms with E-state index in [1.807, 2.05) is 25.1 Å². The molecule has 1 aromatic rings. The van der Waals surface area contributed by atoms with Crippen LogP contribution in [0.25, 0.3) is 0 Å². The fourth-order valence-corrected chi connectivity index (χ4v) is 3.04. The van der Waals surface area contributed by atoms with E-state index in [0.29, 0.717) is 24.7 Å². The van der Waals surface area contributed by atoms with Crippen LogP contribution in [0.2, 0.25) is 0 Å². The maximum atomic E-state index is 11.2. The van der Waals surface area contributed by atoms with Crippen LogP contribution < -0.4 is 14.8 Å². The van der Waals surface area contributed by atoms with Gasteiger partial charge in [0.15, 0.2) is 17.0 Å². The lowest BCUT2D eigenvalue weighted by molar-refractivity contribution is 0.163. The van der Waals surface area contributed by atoms with Gasteiger partial charge in [-0.2, -0.15) is 0 Å². The van der Waals surface area contributed by atoms with E-state index in [0.717, 1.165) is 10.6 Å². The summed E-state index contributed by atoms with van der Waals surface area (Å²) in [6.45, 7) is 2.96. The molecule has 20 heavy (non-hydrogen) atoms. The molecule has 1 aromatic carbocycles. The van der Waals surface area contributed by atoms with Crippen LogP contribution in [0.15, 0.2) is 29.3 Å². The smallest absolute Gasteiger partial charge is 0.413 e. The van der Waals surface area contributed by atoms with Crippen molar-refractivity contribution in [3.05, 3.63) is 29.3 Å². The van der Waals surface area contributed by atoms with Gasteiger partial charge >= 0.3 is 6.09 Å². The third kappa shape index (κ3) is 2.49. The summed E-state index contributed by atoms with van der Waals surface area (Å²) in [6.07, 6.45) is 0.632. The summed E-state index contributed by atoms with van der Waals surface area (Å²) >= 11 is 1.46. The number of hydrogen-bond acceptors (Lipinski definition) is 5. The molecule has 0 aliphatic carbocycles. The zero-order chi connectivity index (χ0) is 14.1. The standard InChI is InChI=1S/C13H14N2O4S/c1-8-7-15(13(16)17)12(20-8)14-9-2-3-10-11(6-9)19-5-4-18-10/h2-3,6-7,12,14H,4-5H2,1H3,(H,16,17). The molecule has 2 aliphatic heterocycles. The predicted octanol–water partition coefficient (Wildman–Crippen LogP) is 2.74. The van der Waals surface area contributed by atoms with Gasteiger partial charge in [0.1, 0.15) is 13.2 Å². The minimum Gasteiger partial charge on any atom is -0.486 e. The Bertz CT molecular complexity index is 575. The average Bonchev–Trinajstić information content (AvgIpc) is 2.80. The Morgan fingerprint density at radius 3 is 2.90 bits per heavy atom. The van der Waals surface area contributed by atoms with Crippen LogP contribution in [0, 0.1) is 0 Å². The van der Waals surface area contributed by atoms with Crippen LogP contribution in [0.4, 0.5) is 10.5 Å². The number of carboxylic acid groups (broad SMARTS) is 1. The van der Waals surface area contributed by atoms with Gasteiger partial charge in [-0.25, -0.2) is 4.79 Å². The number of amides is 1. The first-order valence-corrected chi connectivity index (χ1v) is 7.04. The summed E-state index contributed by atoms with van der Waals surface area (Å²) in [5.74, 6) is 1.39. The van der Waals surface area contributed by atoms with Crippen molar-refractivity contribution in [1.29, 1.82) is 0 Å². The number of hydrogen-bond donors (Lipinski definition) is 2. The zero-order valence-corrected chi connectivity index (χ0v) is 11.6. The van der Waals surface area contributed by atoms with E-state index in [-0.39, 0.29) is 5.50 Å². The third-order valence-electron chi connectivity index (χ3n) is 2.92. The lowest BCUT2D eigenvalue weighted by Crippen LogP contribution is -2.35. The number of nitrogens with zero attached hydrogens (tertiary/aromatic N) is 1. The molecule has 1 atom stereocenters. The van der Waals surface area contributed by atoms with Crippen LogP contribution in [-0.2, 0) is 0 Å². The SMILES string of the molecule is CC1=CN(C(=O)O)C(Nc2ccc3c(c2)OCCO3)S1. The van der Waals surface area contributed by atoms with Crippen LogP contribution in [0.3, 0.4) is 0 Å². The van der Waals surface area contributed by atoms with E-state index in [1.54, 1.807) is 6.20 Å². The molecule has 1 unspecified atom stereocenters. The van der Waals surface area contributed by atoms with Gasteiger partial charge in [-0.05, 0) is 19.1 Å². The van der Waals surface area contributed by atoms with Crippen molar-refractivity contribution < 1.29 is 19.4 Å². The number of nitrogens with one attached hydrogen (secondary N) is 1. The minimum atomic E-state index is -0.982. The second kappa shape index (κ2) is 5.16. The van der Waals surface area contributed by atoms with E-state index >= 15 is 0 Å². The molecule has 2 heterocycles. The van der Waals surface area contributed by atoms with Crippen LogP contribution >= 0.6 is 11.8 Å². The number of thioether (sulfide) groups is 1. The van der Waals surface area contributed by atoms with Crippen LogP contribution in [-0.4, -0.2) is 34.8 Å². The monoisotopic (exact) mass is 294 g/mol. The second-order valence-electron chi connectivity index (χ2n) is 4.40. The maximum absolute atomic E-state index is 11.2. The van der Waals surface area contributed by atoms with E-state index in [4.69, 9.17) is 14.6 Å². The summed E-state index contributed by atoms with van der Waals surface area (Å²) in [4.78, 5) is 13.4. The summed E-state index contributed by atoms with van der Waals surface area (Å²) in [5.41, 5.74) is 0.427. The van der Waals surface area contributed by atoms with Crippen molar-refractivity contribution in [2.75, 3.05) is 18.5 Å². The second-order valence-corrected chi connectivity index (χ2v) is 5.73. The Kier molecular flexibility index (Phi) is 3.35. The largest absolute Gasteiger partial charge is 0.486 e. The molecule has 0 spiro atoms. The number of fused-ring (bicyclic) bond motifs is 1. The van der Waals surface area contributed by atoms with Crippen molar-refractivity contribution in [2.24, 2.45) is 0 Å². The molecule has 2 aliphatic rings. The first-order valence-electron chi connectivity index (χ1n) is 6.16. The molecule has 7 heteroatoms. The van der Waals surface area contributed by atoms with E-state index in [9.17, 15) is 4.79 Å². The van der Waals surface area contributed by atoms with E-state index in [2.05, 4.69) is 5.32 Å². The van der Waals surface area contributed by atoms with Crippen molar-refractivity contribution in [1.82, 2.24) is 4.90 Å². The Morgan fingerprint density at radius 1 is 1.40 bits per heavy atom. The quantitative estimate of drug-likeness (QED) is 0.874. The number of carbonyl (C=O) groups is 1. The molecular weight excluding hydrogens is 280 g/mol. The molecule has 0 radical (unpaired) electrons. The molecule has 0 fully saturated rings. The highest BCUT2D eigenvalue weighted by molar-refractivity contribution is 8.03. The van der Waals surface area contributed by atoms with E-state index in [1.165, 1.54) is 16.7 Å². The summed E-state index contributed by atoms with van der Waals surface area (Å²) < 4.78 is 11.0. The third-order valence-corrected chi connectivity index (χ3v) is 3.97. The highest BCUT2D eigenvalue weighted by Gasteiger charge is 2.28. The van der Waals surface area contributed by atoms with Gasteiger partial charge in [0, 0.05) is 22.9 Å². The molecule has 106 valence electrons. The van der Waals surface area contributed by atoms with Gasteiger partial charge in [-0.3, -0.25) is 4.90 Å². The summed E-state index contributed by atoms with van der Waals surface area (Å²) in [6, 6.07) is 5.49. The fraction of sp³-hybridized carbons (Fsp3) is 0.308. The number of benzene rings is 1. The van der Waals surface area contributed by atoms with Crippen LogP contribution in [0.1, 0.15) is 6.92 Å².